The number of carbonyl (C=O) groups excluding carboxylic acids is 1. The van der Waals surface area contributed by atoms with Gasteiger partial charge in [0, 0.05) is 13.1 Å². The van der Waals surface area contributed by atoms with Gasteiger partial charge in [0.1, 0.15) is 12.2 Å². The molecule has 1 aromatic heterocycles. The van der Waals surface area contributed by atoms with Crippen LogP contribution in [0.4, 0.5) is 4.79 Å². The van der Waals surface area contributed by atoms with Crippen molar-refractivity contribution >= 4 is 6.03 Å². The van der Waals surface area contributed by atoms with E-state index in [-0.39, 0.29) is 6.03 Å². The summed E-state index contributed by atoms with van der Waals surface area (Å²) in [6.45, 7) is 2.14. The van der Waals surface area contributed by atoms with E-state index in [1.165, 1.54) is 12.7 Å². The van der Waals surface area contributed by atoms with Gasteiger partial charge in [0.2, 0.25) is 0 Å². The molecule has 2 amide bonds. The van der Waals surface area contributed by atoms with Crippen molar-refractivity contribution < 1.29 is 4.79 Å². The third-order valence-corrected chi connectivity index (χ3v) is 2.52. The molecule has 1 saturated heterocycles. The van der Waals surface area contributed by atoms with Crippen LogP contribution in [0.15, 0.2) is 6.33 Å². The third kappa shape index (κ3) is 2.68. The zero-order chi connectivity index (χ0) is 10.5. The maximum absolute atomic E-state index is 11.6. The standard InChI is InChI=1S/C9H15N5O/c15-9(14-4-2-1-3-5-14)10-6-8-11-7-12-13-8/h7H,1-6H2,(H,10,15)(H,11,12,13). The number of piperidine rings is 1. The van der Waals surface area contributed by atoms with Crippen LogP contribution in [0, 0.1) is 0 Å². The minimum absolute atomic E-state index is 0.00824. The zero-order valence-electron chi connectivity index (χ0n) is 8.57. The molecule has 1 aliphatic heterocycles. The predicted molar refractivity (Wildman–Crippen MR) is 54.0 cm³/mol. The van der Waals surface area contributed by atoms with Crippen molar-refractivity contribution in [3.8, 4) is 0 Å². The molecule has 2 heterocycles. The van der Waals surface area contributed by atoms with Crippen molar-refractivity contribution in [2.75, 3.05) is 13.1 Å². The highest BCUT2D eigenvalue weighted by Gasteiger charge is 2.15. The molecule has 0 radical (unpaired) electrons. The summed E-state index contributed by atoms with van der Waals surface area (Å²) in [6.07, 6.45) is 4.87. The first-order chi connectivity index (χ1) is 7.36. The minimum Gasteiger partial charge on any atom is -0.331 e. The molecule has 0 aromatic carbocycles. The lowest BCUT2D eigenvalue weighted by atomic mass is 10.1. The van der Waals surface area contributed by atoms with E-state index in [9.17, 15) is 4.79 Å². The summed E-state index contributed by atoms with van der Waals surface area (Å²) in [4.78, 5) is 17.4. The highest BCUT2D eigenvalue weighted by Crippen LogP contribution is 2.08. The average Bonchev–Trinajstić information content (AvgIpc) is 2.80. The first kappa shape index (κ1) is 9.95. The first-order valence-corrected chi connectivity index (χ1v) is 5.23. The molecule has 0 aliphatic carbocycles. The van der Waals surface area contributed by atoms with E-state index < -0.39 is 0 Å². The van der Waals surface area contributed by atoms with E-state index in [0.29, 0.717) is 12.4 Å². The van der Waals surface area contributed by atoms with Crippen LogP contribution in [0.1, 0.15) is 25.1 Å². The summed E-state index contributed by atoms with van der Waals surface area (Å²) in [5.41, 5.74) is 0. The molecule has 0 bridgehead atoms. The van der Waals surface area contributed by atoms with Crippen LogP contribution in [0.25, 0.3) is 0 Å². The van der Waals surface area contributed by atoms with Crippen LogP contribution in [0.3, 0.4) is 0 Å². The Balaban J connectivity index is 1.76. The smallest absolute Gasteiger partial charge is 0.317 e. The summed E-state index contributed by atoms with van der Waals surface area (Å²) in [5, 5.41) is 9.22. The second-order valence-corrected chi connectivity index (χ2v) is 3.64. The molecule has 2 rings (SSSR count). The number of amides is 2. The Hall–Kier alpha value is -1.59. The van der Waals surface area contributed by atoms with Gasteiger partial charge in [0.05, 0.1) is 6.54 Å². The van der Waals surface area contributed by atoms with E-state index >= 15 is 0 Å². The van der Waals surface area contributed by atoms with Gasteiger partial charge in [-0.3, -0.25) is 5.10 Å². The Morgan fingerprint density at radius 1 is 1.47 bits per heavy atom. The van der Waals surface area contributed by atoms with Gasteiger partial charge in [-0.05, 0) is 19.3 Å². The molecule has 0 saturated carbocycles. The van der Waals surface area contributed by atoms with Crippen LogP contribution in [-0.2, 0) is 6.54 Å². The number of aromatic amines is 1. The maximum Gasteiger partial charge on any atom is 0.317 e. The van der Waals surface area contributed by atoms with E-state index in [2.05, 4.69) is 20.5 Å². The quantitative estimate of drug-likeness (QED) is 0.744. The molecule has 82 valence electrons. The molecule has 1 aliphatic rings. The van der Waals surface area contributed by atoms with Crippen LogP contribution < -0.4 is 5.32 Å². The van der Waals surface area contributed by atoms with Crippen molar-refractivity contribution in [1.82, 2.24) is 25.4 Å². The SMILES string of the molecule is O=C(NCc1ncn[nH]1)N1CCCCC1. The van der Waals surface area contributed by atoms with Gasteiger partial charge in [-0.15, -0.1) is 0 Å². The van der Waals surface area contributed by atoms with Crippen molar-refractivity contribution in [1.29, 1.82) is 0 Å². The lowest BCUT2D eigenvalue weighted by Gasteiger charge is -2.26. The van der Waals surface area contributed by atoms with Gasteiger partial charge in [0.15, 0.2) is 0 Å². The maximum atomic E-state index is 11.6. The average molecular weight is 209 g/mol. The fourth-order valence-corrected chi connectivity index (χ4v) is 1.68. The Morgan fingerprint density at radius 3 is 2.93 bits per heavy atom. The number of hydrogen-bond donors (Lipinski definition) is 2. The Kier molecular flexibility index (Phi) is 3.16. The Morgan fingerprint density at radius 2 is 2.27 bits per heavy atom. The van der Waals surface area contributed by atoms with Gasteiger partial charge >= 0.3 is 6.03 Å². The minimum atomic E-state index is -0.00824. The van der Waals surface area contributed by atoms with E-state index in [0.717, 1.165) is 25.9 Å². The number of likely N-dealkylation sites (tertiary alicyclic amines) is 1. The first-order valence-electron chi connectivity index (χ1n) is 5.23. The van der Waals surface area contributed by atoms with Gasteiger partial charge in [-0.25, -0.2) is 9.78 Å². The summed E-state index contributed by atoms with van der Waals surface area (Å²) in [5.74, 6) is 0.681. The molecule has 2 N–H and O–H groups in total. The summed E-state index contributed by atoms with van der Waals surface area (Å²) in [7, 11) is 0. The van der Waals surface area contributed by atoms with E-state index in [1.54, 1.807) is 0 Å². The van der Waals surface area contributed by atoms with Crippen LogP contribution in [0.2, 0.25) is 0 Å². The number of nitrogens with zero attached hydrogens (tertiary/aromatic N) is 3. The zero-order valence-corrected chi connectivity index (χ0v) is 8.57. The summed E-state index contributed by atoms with van der Waals surface area (Å²) >= 11 is 0. The van der Waals surface area contributed by atoms with Gasteiger partial charge < -0.3 is 10.2 Å². The molecule has 6 nitrogen and oxygen atoms in total. The van der Waals surface area contributed by atoms with E-state index in [4.69, 9.17) is 0 Å². The topological polar surface area (TPSA) is 73.9 Å². The highest BCUT2D eigenvalue weighted by molar-refractivity contribution is 5.74. The van der Waals surface area contributed by atoms with Crippen molar-refractivity contribution in [2.24, 2.45) is 0 Å². The van der Waals surface area contributed by atoms with Crippen LogP contribution >= 0.6 is 0 Å². The van der Waals surface area contributed by atoms with Gasteiger partial charge in [-0.1, -0.05) is 0 Å². The molecular weight excluding hydrogens is 194 g/mol. The molecule has 6 heteroatoms. The highest BCUT2D eigenvalue weighted by atomic mass is 16.2. The molecule has 0 atom stereocenters. The molecule has 15 heavy (non-hydrogen) atoms. The normalized spacial score (nSPS) is 16.4. The van der Waals surface area contributed by atoms with Crippen LogP contribution in [0.5, 0.6) is 0 Å². The number of carbonyl (C=O) groups is 1. The fraction of sp³-hybridized carbons (Fsp3) is 0.667. The Labute approximate surface area is 88.1 Å². The number of nitrogens with one attached hydrogen (secondary N) is 2. The lowest BCUT2D eigenvalue weighted by molar-refractivity contribution is 0.186. The molecular formula is C9H15N5O. The van der Waals surface area contributed by atoms with E-state index in [1.807, 2.05) is 4.90 Å². The predicted octanol–water partition coefficient (Wildman–Crippen LogP) is 0.500. The molecule has 0 spiro atoms. The largest absolute Gasteiger partial charge is 0.331 e. The number of rotatable bonds is 2. The third-order valence-electron chi connectivity index (χ3n) is 2.52. The lowest BCUT2D eigenvalue weighted by Crippen LogP contribution is -2.42. The monoisotopic (exact) mass is 209 g/mol. The fourth-order valence-electron chi connectivity index (χ4n) is 1.68. The number of aromatic nitrogens is 3. The summed E-state index contributed by atoms with van der Waals surface area (Å²) in [6, 6.07) is -0.00824. The second kappa shape index (κ2) is 4.77. The molecule has 0 unspecified atom stereocenters. The van der Waals surface area contributed by atoms with Crippen LogP contribution in [-0.4, -0.2) is 39.2 Å². The number of hydrogen-bond acceptors (Lipinski definition) is 3. The summed E-state index contributed by atoms with van der Waals surface area (Å²) < 4.78 is 0. The van der Waals surface area contributed by atoms with Crippen molar-refractivity contribution in [2.45, 2.75) is 25.8 Å². The van der Waals surface area contributed by atoms with Gasteiger partial charge in [-0.2, -0.15) is 5.10 Å². The van der Waals surface area contributed by atoms with Crippen molar-refractivity contribution in [3.63, 3.8) is 0 Å². The molecule has 1 aromatic rings. The number of urea groups is 1. The second-order valence-electron chi connectivity index (χ2n) is 3.64. The van der Waals surface area contributed by atoms with Crippen molar-refractivity contribution in [3.05, 3.63) is 12.2 Å². The van der Waals surface area contributed by atoms with Gasteiger partial charge in [0.25, 0.3) is 0 Å². The molecule has 1 fully saturated rings. The Bertz CT molecular complexity index is 304. The number of H-pyrrole nitrogens is 1.